The molecule has 0 bridgehead atoms. The van der Waals surface area contributed by atoms with Crippen molar-refractivity contribution in [1.29, 1.82) is 0 Å². The van der Waals surface area contributed by atoms with Gasteiger partial charge in [-0.25, -0.2) is 13.6 Å². The van der Waals surface area contributed by atoms with Crippen LogP contribution < -0.4 is 24.7 Å². The van der Waals surface area contributed by atoms with Crippen LogP contribution in [0.4, 0.5) is 30.2 Å². The molecule has 0 aliphatic heterocycles. The van der Waals surface area contributed by atoms with Crippen molar-refractivity contribution in [1.82, 2.24) is 0 Å². The second kappa shape index (κ2) is 10.7. The number of nitrogens with one attached hydrogen (secondary N) is 3. The second-order valence-corrected chi connectivity index (χ2v) is 9.58. The van der Waals surface area contributed by atoms with Crippen LogP contribution in [0.5, 0.6) is 11.5 Å². The lowest BCUT2D eigenvalue weighted by molar-refractivity contribution is -0.990. The third kappa shape index (κ3) is 6.86. The summed E-state index contributed by atoms with van der Waals surface area (Å²) in [5.74, 6) is -1.21. The number of rotatable bonds is 8. The Morgan fingerprint density at radius 2 is 1.64 bits per heavy atom. The molecule has 0 radical (unpaired) electrons. The van der Waals surface area contributed by atoms with Crippen LogP contribution >= 0.6 is 15.9 Å². The summed E-state index contributed by atoms with van der Waals surface area (Å²) >= 11 is 3.19. The first-order valence-electron chi connectivity index (χ1n) is 9.70. The minimum Gasteiger partial charge on any atom is -0.595 e. The number of hydrogen-bond donors (Lipinski definition) is 4. The molecule has 3 rings (SSSR count). The monoisotopic (exact) mass is 591 g/mol. The first-order valence-corrected chi connectivity index (χ1v) is 12.0. The highest BCUT2D eigenvalue weighted by Gasteiger charge is 2.31. The van der Waals surface area contributed by atoms with Crippen molar-refractivity contribution in [3.05, 3.63) is 75.9 Å². The fraction of sp³-hybridized carbons (Fsp3) is 0.0952. The summed E-state index contributed by atoms with van der Waals surface area (Å²) < 4.78 is 74.0. The maximum Gasteiger partial charge on any atom is 0.573 e. The number of sulfonamides is 1. The molecule has 3 aromatic rings. The Bertz CT molecular complexity index is 1370. The third-order valence-electron chi connectivity index (χ3n) is 4.54. The number of carbonyl (C=O) groups excluding carboxylic acids is 1. The third-order valence-corrected chi connectivity index (χ3v) is 6.42. The van der Waals surface area contributed by atoms with Gasteiger partial charge < -0.3 is 20.0 Å². The zero-order valence-corrected chi connectivity index (χ0v) is 20.5. The standard InChI is InChI=1S/C21H17BrF3N3O7S/c1-34-14-5-9-18(19(11-14)28(30)31)26-20(29)16-10-12(22)2-8-17(16)27-36(32,33)15-6-3-13(4-7-15)35-21(23,24)25/h2-11,27-28,30H,1H3,(H,26,29). The van der Waals surface area contributed by atoms with Gasteiger partial charge in [0.25, 0.3) is 15.9 Å². The lowest BCUT2D eigenvalue weighted by Crippen LogP contribution is -2.99. The summed E-state index contributed by atoms with van der Waals surface area (Å²) in [4.78, 5) is 12.6. The molecule has 36 heavy (non-hydrogen) atoms. The molecule has 0 aliphatic carbocycles. The molecule has 15 heteroatoms. The molecule has 0 aromatic heterocycles. The van der Waals surface area contributed by atoms with E-state index in [1.165, 1.54) is 43.5 Å². The Kier molecular flexibility index (Phi) is 8.10. The van der Waals surface area contributed by atoms with E-state index >= 15 is 0 Å². The first kappa shape index (κ1) is 27.2. The zero-order valence-electron chi connectivity index (χ0n) is 18.1. The lowest BCUT2D eigenvalue weighted by atomic mass is 10.1. The van der Waals surface area contributed by atoms with E-state index in [0.29, 0.717) is 4.47 Å². The molecule has 192 valence electrons. The maximum atomic E-state index is 13.0. The van der Waals surface area contributed by atoms with E-state index in [-0.39, 0.29) is 28.4 Å². The molecule has 1 atom stereocenters. The number of alkyl halides is 3. The Hall–Kier alpha value is -3.37. The SMILES string of the molecule is COc1ccc(NC(=O)c2cc(Br)ccc2NS(=O)(=O)c2ccc(OC(F)(F)F)cc2)c([NH+]([O-])O)c1. The number of benzene rings is 3. The molecule has 1 unspecified atom stereocenters. The number of amides is 1. The largest absolute Gasteiger partial charge is 0.595 e. The van der Waals surface area contributed by atoms with Crippen LogP contribution in [0.2, 0.25) is 0 Å². The normalized spacial score (nSPS) is 12.5. The summed E-state index contributed by atoms with van der Waals surface area (Å²) in [6.45, 7) is 0. The molecule has 10 nitrogen and oxygen atoms in total. The number of anilines is 2. The molecule has 0 heterocycles. The number of hydrogen-bond acceptors (Lipinski definition) is 7. The molecule has 4 N–H and O–H groups in total. The van der Waals surface area contributed by atoms with E-state index < -0.39 is 38.2 Å². The summed E-state index contributed by atoms with van der Waals surface area (Å²) in [7, 11) is -3.00. The molecule has 0 aliphatic rings. The quantitative estimate of drug-likeness (QED) is 0.292. The molecule has 3 aromatic carbocycles. The minimum atomic E-state index is -4.94. The van der Waals surface area contributed by atoms with Crippen LogP contribution in [0.3, 0.4) is 0 Å². The molecule has 0 saturated carbocycles. The van der Waals surface area contributed by atoms with Crippen molar-refractivity contribution in [3.8, 4) is 11.5 Å². The molecular weight excluding hydrogens is 575 g/mol. The Morgan fingerprint density at radius 3 is 2.22 bits per heavy atom. The van der Waals surface area contributed by atoms with Crippen LogP contribution in [0.1, 0.15) is 10.4 Å². The van der Waals surface area contributed by atoms with Crippen LogP contribution in [0.25, 0.3) is 0 Å². The van der Waals surface area contributed by atoms with E-state index in [2.05, 4.69) is 30.7 Å². The van der Waals surface area contributed by atoms with Crippen molar-refractivity contribution >= 4 is 48.9 Å². The number of methoxy groups -OCH3 is 1. The second-order valence-electron chi connectivity index (χ2n) is 6.99. The van der Waals surface area contributed by atoms with Gasteiger partial charge in [0, 0.05) is 10.5 Å². The van der Waals surface area contributed by atoms with Gasteiger partial charge in [0.1, 0.15) is 17.2 Å². The summed E-state index contributed by atoms with van der Waals surface area (Å²) in [6.07, 6.45) is -4.94. The van der Waals surface area contributed by atoms with Gasteiger partial charge in [0.2, 0.25) is 0 Å². The zero-order chi connectivity index (χ0) is 26.7. The van der Waals surface area contributed by atoms with Gasteiger partial charge >= 0.3 is 6.36 Å². The van der Waals surface area contributed by atoms with Crippen molar-refractivity contribution in [2.24, 2.45) is 0 Å². The van der Waals surface area contributed by atoms with E-state index in [9.17, 15) is 36.8 Å². The van der Waals surface area contributed by atoms with Gasteiger partial charge in [-0.05, 0) is 54.6 Å². The molecule has 1 amide bonds. The van der Waals surface area contributed by atoms with E-state index in [4.69, 9.17) is 4.74 Å². The van der Waals surface area contributed by atoms with Crippen LogP contribution in [-0.4, -0.2) is 33.0 Å². The smallest absolute Gasteiger partial charge is 0.573 e. The van der Waals surface area contributed by atoms with Crippen LogP contribution in [0.15, 0.2) is 70.0 Å². The van der Waals surface area contributed by atoms with Gasteiger partial charge in [-0.1, -0.05) is 15.9 Å². The number of ether oxygens (including phenoxy) is 2. The highest BCUT2D eigenvalue weighted by atomic mass is 79.9. The van der Waals surface area contributed by atoms with Crippen LogP contribution in [0, 0.1) is 5.21 Å². The van der Waals surface area contributed by atoms with E-state index in [1.807, 2.05) is 0 Å². The number of halogens is 4. The van der Waals surface area contributed by atoms with Crippen molar-refractivity contribution in [2.75, 3.05) is 17.1 Å². The van der Waals surface area contributed by atoms with Crippen molar-refractivity contribution in [2.45, 2.75) is 11.3 Å². The Balaban J connectivity index is 1.89. The fourth-order valence-corrected chi connectivity index (χ4v) is 4.38. The van der Waals surface area contributed by atoms with Gasteiger partial charge in [0.05, 0.1) is 23.3 Å². The minimum absolute atomic E-state index is 0.0673. The molecule has 0 fully saturated rings. The van der Waals surface area contributed by atoms with Gasteiger partial charge in [-0.3, -0.25) is 9.52 Å². The topological polar surface area (TPSA) is 141 Å². The van der Waals surface area contributed by atoms with Crippen molar-refractivity contribution < 1.29 is 46.3 Å². The average molecular weight is 592 g/mol. The van der Waals surface area contributed by atoms with Gasteiger partial charge in [-0.2, -0.15) is 5.23 Å². The Labute approximate surface area is 211 Å². The number of quaternary nitrogens is 1. The summed E-state index contributed by atoms with van der Waals surface area (Å²) in [5.41, 5.74) is -0.669. The Morgan fingerprint density at radius 1 is 1.03 bits per heavy atom. The van der Waals surface area contributed by atoms with Gasteiger partial charge in [0.15, 0.2) is 5.69 Å². The predicted octanol–water partition coefficient (Wildman–Crippen LogP) is 3.81. The van der Waals surface area contributed by atoms with Crippen molar-refractivity contribution in [3.63, 3.8) is 0 Å². The van der Waals surface area contributed by atoms with E-state index in [1.54, 1.807) is 0 Å². The highest BCUT2D eigenvalue weighted by molar-refractivity contribution is 9.10. The molecule has 0 saturated heterocycles. The molecular formula is C21H17BrF3N3O7S. The number of carbonyl (C=O) groups is 1. The van der Waals surface area contributed by atoms with E-state index in [0.717, 1.165) is 24.3 Å². The lowest BCUT2D eigenvalue weighted by Gasteiger charge is -2.18. The average Bonchev–Trinajstić information content (AvgIpc) is 2.79. The predicted molar refractivity (Wildman–Crippen MR) is 125 cm³/mol. The fourth-order valence-electron chi connectivity index (χ4n) is 2.94. The van der Waals surface area contributed by atoms with Crippen LogP contribution in [-0.2, 0) is 10.0 Å². The summed E-state index contributed by atoms with van der Waals surface area (Å²) in [6, 6.07) is 11.4. The first-order chi connectivity index (χ1) is 16.8. The highest BCUT2D eigenvalue weighted by Crippen LogP contribution is 2.29. The summed E-state index contributed by atoms with van der Waals surface area (Å²) in [5, 5.41) is 22.1. The maximum absolute atomic E-state index is 13.0. The van der Waals surface area contributed by atoms with Gasteiger partial charge in [-0.15, -0.1) is 13.2 Å². The molecule has 0 spiro atoms.